The number of nitrogens with one attached hydrogen (secondary N) is 3. The van der Waals surface area contributed by atoms with Gasteiger partial charge in [-0.1, -0.05) is 6.07 Å². The third kappa shape index (κ3) is 2.92. The number of nitrogens with zero attached hydrogens (tertiary/aromatic N) is 1. The van der Waals surface area contributed by atoms with Gasteiger partial charge in [-0.15, -0.1) is 0 Å². The van der Waals surface area contributed by atoms with Gasteiger partial charge in [-0.2, -0.15) is 0 Å². The van der Waals surface area contributed by atoms with Gasteiger partial charge in [-0.3, -0.25) is 15.0 Å². The van der Waals surface area contributed by atoms with Crippen LogP contribution in [0.15, 0.2) is 47.4 Å². The molecule has 2 unspecified atom stereocenters. The van der Waals surface area contributed by atoms with E-state index in [9.17, 15) is 4.79 Å². The smallest absolute Gasteiger partial charge is 0.271 e. The van der Waals surface area contributed by atoms with Crippen LogP contribution < -0.4 is 15.6 Å². The first-order chi connectivity index (χ1) is 11.3. The Labute approximate surface area is 132 Å². The molecule has 1 aliphatic rings. The molecule has 3 aromatic rings. The third-order valence-electron chi connectivity index (χ3n) is 4.25. The Balaban J connectivity index is 1.40. The standard InChI is InChI=1S/C17H18N4O2/c22-17-14-7-6-13(10-15(14)20-21-17)23-12-5-4-11(9-12)19-16-3-1-2-8-18-16/h1-3,6-8,10-12H,4-5,9H2,(H,18,19)(H2,20,21,22). The lowest BCUT2D eigenvalue weighted by molar-refractivity contribution is 0.209. The molecule has 2 aromatic heterocycles. The van der Waals surface area contributed by atoms with Crippen LogP contribution in [0.1, 0.15) is 19.3 Å². The van der Waals surface area contributed by atoms with E-state index in [-0.39, 0.29) is 11.7 Å². The highest BCUT2D eigenvalue weighted by molar-refractivity contribution is 5.79. The Morgan fingerprint density at radius 2 is 2.13 bits per heavy atom. The van der Waals surface area contributed by atoms with Crippen molar-refractivity contribution in [3.05, 3.63) is 52.9 Å². The number of ether oxygens (including phenoxy) is 1. The van der Waals surface area contributed by atoms with Crippen molar-refractivity contribution in [2.45, 2.75) is 31.4 Å². The number of pyridine rings is 1. The van der Waals surface area contributed by atoms with Gasteiger partial charge in [0.15, 0.2) is 0 Å². The molecule has 1 aliphatic carbocycles. The van der Waals surface area contributed by atoms with Gasteiger partial charge >= 0.3 is 0 Å². The van der Waals surface area contributed by atoms with Crippen LogP contribution in [0.25, 0.3) is 10.9 Å². The molecule has 0 saturated heterocycles. The molecule has 1 aromatic carbocycles. The van der Waals surface area contributed by atoms with Crippen molar-refractivity contribution in [2.75, 3.05) is 5.32 Å². The minimum Gasteiger partial charge on any atom is -0.490 e. The lowest BCUT2D eigenvalue weighted by Gasteiger charge is -2.15. The maximum atomic E-state index is 11.5. The van der Waals surface area contributed by atoms with Crippen molar-refractivity contribution < 1.29 is 4.74 Å². The van der Waals surface area contributed by atoms with Crippen LogP contribution in [0, 0.1) is 0 Å². The predicted molar refractivity (Wildman–Crippen MR) is 88.8 cm³/mol. The molecule has 4 rings (SSSR count). The molecule has 6 nitrogen and oxygen atoms in total. The molecule has 23 heavy (non-hydrogen) atoms. The first-order valence-corrected chi connectivity index (χ1v) is 7.82. The van der Waals surface area contributed by atoms with Crippen LogP contribution in [0.5, 0.6) is 5.75 Å². The number of hydrogen-bond donors (Lipinski definition) is 3. The van der Waals surface area contributed by atoms with Crippen molar-refractivity contribution in [1.29, 1.82) is 0 Å². The Kier molecular flexibility index (Phi) is 3.49. The lowest BCUT2D eigenvalue weighted by atomic mass is 10.2. The summed E-state index contributed by atoms with van der Waals surface area (Å²) in [7, 11) is 0. The van der Waals surface area contributed by atoms with Gasteiger partial charge in [0.05, 0.1) is 10.9 Å². The van der Waals surface area contributed by atoms with Crippen molar-refractivity contribution in [2.24, 2.45) is 0 Å². The van der Waals surface area contributed by atoms with Gasteiger partial charge in [0, 0.05) is 24.7 Å². The number of rotatable bonds is 4. The van der Waals surface area contributed by atoms with Crippen LogP contribution >= 0.6 is 0 Å². The highest BCUT2D eigenvalue weighted by Crippen LogP contribution is 2.27. The molecular formula is C17H18N4O2. The van der Waals surface area contributed by atoms with Gasteiger partial charge in [0.25, 0.3) is 5.56 Å². The van der Waals surface area contributed by atoms with E-state index in [0.717, 1.165) is 36.3 Å². The van der Waals surface area contributed by atoms with Crippen LogP contribution in [0.3, 0.4) is 0 Å². The maximum absolute atomic E-state index is 11.5. The molecule has 0 amide bonds. The first kappa shape index (κ1) is 13.9. The third-order valence-corrected chi connectivity index (χ3v) is 4.25. The summed E-state index contributed by atoms with van der Waals surface area (Å²) in [6.07, 6.45) is 4.98. The highest BCUT2D eigenvalue weighted by Gasteiger charge is 2.26. The van der Waals surface area contributed by atoms with Crippen molar-refractivity contribution >= 4 is 16.7 Å². The molecule has 118 valence electrons. The fourth-order valence-electron chi connectivity index (χ4n) is 3.12. The molecule has 0 bridgehead atoms. The number of anilines is 1. The Bertz CT molecular complexity index is 856. The summed E-state index contributed by atoms with van der Waals surface area (Å²) < 4.78 is 6.06. The van der Waals surface area contributed by atoms with E-state index < -0.39 is 0 Å². The van der Waals surface area contributed by atoms with Gasteiger partial charge < -0.3 is 10.1 Å². The fraction of sp³-hybridized carbons (Fsp3) is 0.294. The molecule has 1 fully saturated rings. The normalized spacial score (nSPS) is 20.7. The van der Waals surface area contributed by atoms with Gasteiger partial charge in [-0.25, -0.2) is 4.98 Å². The molecule has 3 N–H and O–H groups in total. The molecule has 0 aliphatic heterocycles. The van der Waals surface area contributed by atoms with E-state index in [1.807, 2.05) is 30.3 Å². The number of H-pyrrole nitrogens is 2. The van der Waals surface area contributed by atoms with E-state index in [1.165, 1.54) is 0 Å². The average molecular weight is 310 g/mol. The van der Waals surface area contributed by atoms with Crippen LogP contribution in [0.4, 0.5) is 5.82 Å². The van der Waals surface area contributed by atoms with E-state index in [4.69, 9.17) is 4.74 Å². The van der Waals surface area contributed by atoms with Crippen LogP contribution in [0.2, 0.25) is 0 Å². The molecule has 2 atom stereocenters. The summed E-state index contributed by atoms with van der Waals surface area (Å²) >= 11 is 0. The fourth-order valence-corrected chi connectivity index (χ4v) is 3.12. The largest absolute Gasteiger partial charge is 0.490 e. The quantitative estimate of drug-likeness (QED) is 0.692. The average Bonchev–Trinajstić information content (AvgIpc) is 3.15. The number of fused-ring (bicyclic) bond motifs is 1. The zero-order valence-corrected chi connectivity index (χ0v) is 12.6. The van der Waals surface area contributed by atoms with Crippen molar-refractivity contribution in [3.8, 4) is 5.75 Å². The molecular weight excluding hydrogens is 292 g/mol. The number of aromatic nitrogens is 3. The second-order valence-corrected chi connectivity index (χ2v) is 5.90. The number of aromatic amines is 2. The summed E-state index contributed by atoms with van der Waals surface area (Å²) in [6.45, 7) is 0. The Hall–Kier alpha value is -2.76. The highest BCUT2D eigenvalue weighted by atomic mass is 16.5. The SMILES string of the molecule is O=c1[nH][nH]c2cc(OC3CCC(Nc4ccccn4)C3)ccc12. The number of benzene rings is 1. The van der Waals surface area contributed by atoms with Gasteiger partial charge in [0.1, 0.15) is 17.7 Å². The first-order valence-electron chi connectivity index (χ1n) is 7.82. The van der Waals surface area contributed by atoms with Gasteiger partial charge in [0.2, 0.25) is 0 Å². The zero-order valence-electron chi connectivity index (χ0n) is 12.6. The summed E-state index contributed by atoms with van der Waals surface area (Å²) in [5.74, 6) is 1.70. The van der Waals surface area contributed by atoms with E-state index >= 15 is 0 Å². The second kappa shape index (κ2) is 5.79. The second-order valence-electron chi connectivity index (χ2n) is 5.90. The summed E-state index contributed by atoms with van der Waals surface area (Å²) in [5, 5.41) is 9.53. The molecule has 1 saturated carbocycles. The predicted octanol–water partition coefficient (Wildman–Crippen LogP) is 2.66. The Morgan fingerprint density at radius 1 is 1.17 bits per heavy atom. The van der Waals surface area contributed by atoms with E-state index in [2.05, 4.69) is 20.5 Å². The monoisotopic (exact) mass is 310 g/mol. The van der Waals surface area contributed by atoms with Crippen molar-refractivity contribution in [1.82, 2.24) is 15.2 Å². The minimum absolute atomic E-state index is 0.105. The van der Waals surface area contributed by atoms with Crippen LogP contribution in [-0.2, 0) is 0 Å². The molecule has 0 spiro atoms. The summed E-state index contributed by atoms with van der Waals surface area (Å²) in [4.78, 5) is 15.8. The van der Waals surface area contributed by atoms with E-state index in [1.54, 1.807) is 12.3 Å². The van der Waals surface area contributed by atoms with Crippen molar-refractivity contribution in [3.63, 3.8) is 0 Å². The summed E-state index contributed by atoms with van der Waals surface area (Å²) in [5.41, 5.74) is 0.667. The molecule has 0 radical (unpaired) electrons. The zero-order chi connectivity index (χ0) is 15.6. The lowest BCUT2D eigenvalue weighted by Crippen LogP contribution is -2.19. The Morgan fingerprint density at radius 3 is 3.00 bits per heavy atom. The van der Waals surface area contributed by atoms with E-state index in [0.29, 0.717) is 11.4 Å². The van der Waals surface area contributed by atoms with Gasteiger partial charge in [-0.05, 0) is 37.1 Å². The van der Waals surface area contributed by atoms with Crippen LogP contribution in [-0.4, -0.2) is 27.3 Å². The molecule has 6 heteroatoms. The molecule has 2 heterocycles. The maximum Gasteiger partial charge on any atom is 0.271 e. The minimum atomic E-state index is -0.105. The topological polar surface area (TPSA) is 82.8 Å². The number of hydrogen-bond acceptors (Lipinski definition) is 4. The summed E-state index contributed by atoms with van der Waals surface area (Å²) in [6, 6.07) is 11.8.